The molecule has 1 saturated heterocycles. The molecule has 6 heteroatoms. The monoisotopic (exact) mass is 340 g/mol. The summed E-state index contributed by atoms with van der Waals surface area (Å²) in [6.45, 7) is 2.37. The number of aliphatic hydroxyl groups excluding tert-OH is 1. The molecule has 3 rings (SSSR count). The number of nitrogens with two attached hydrogens (primary N) is 1. The van der Waals surface area contributed by atoms with Crippen LogP contribution in [0, 0.1) is 0 Å². The molecule has 1 aliphatic heterocycles. The number of carbonyl (C=O) groups is 2. The fourth-order valence-corrected chi connectivity index (χ4v) is 2.62. The molecule has 0 bridgehead atoms. The number of benzene rings is 2. The van der Waals surface area contributed by atoms with E-state index in [2.05, 4.69) is 0 Å². The molecule has 130 valence electrons. The summed E-state index contributed by atoms with van der Waals surface area (Å²) in [4.78, 5) is 24.9. The Labute approximate surface area is 145 Å². The Hall–Kier alpha value is -2.86. The van der Waals surface area contributed by atoms with Gasteiger partial charge in [0.05, 0.1) is 6.10 Å². The van der Waals surface area contributed by atoms with E-state index in [-0.39, 0.29) is 5.91 Å². The van der Waals surface area contributed by atoms with Gasteiger partial charge in [0.1, 0.15) is 5.75 Å². The van der Waals surface area contributed by atoms with Crippen molar-refractivity contribution < 1.29 is 19.4 Å². The first kappa shape index (κ1) is 17.0. The maximum Gasteiger partial charge on any atom is 0.258 e. The van der Waals surface area contributed by atoms with Crippen molar-refractivity contribution in [3.8, 4) is 16.9 Å². The Balaban J connectivity index is 1.74. The zero-order chi connectivity index (χ0) is 18.0. The summed E-state index contributed by atoms with van der Waals surface area (Å²) in [7, 11) is 0. The molecule has 0 spiro atoms. The normalized spacial score (nSPS) is 15.4. The van der Waals surface area contributed by atoms with Crippen molar-refractivity contribution in [2.45, 2.75) is 19.1 Å². The van der Waals surface area contributed by atoms with E-state index < -0.39 is 18.1 Å². The van der Waals surface area contributed by atoms with Gasteiger partial charge in [-0.15, -0.1) is 0 Å². The Bertz CT molecular complexity index is 782. The molecule has 0 aliphatic carbocycles. The molecular weight excluding hydrogens is 320 g/mol. The van der Waals surface area contributed by atoms with Crippen molar-refractivity contribution in [2.75, 3.05) is 13.1 Å². The summed E-state index contributed by atoms with van der Waals surface area (Å²) in [6.07, 6.45) is -1.11. The van der Waals surface area contributed by atoms with E-state index in [4.69, 9.17) is 10.5 Å². The van der Waals surface area contributed by atoms with Gasteiger partial charge in [-0.05, 0) is 42.3 Å². The quantitative estimate of drug-likeness (QED) is 0.861. The molecule has 2 aromatic rings. The molecular formula is C19H20N2O4. The average Bonchev–Trinajstić information content (AvgIpc) is 2.58. The van der Waals surface area contributed by atoms with Crippen molar-refractivity contribution in [1.82, 2.24) is 4.90 Å². The van der Waals surface area contributed by atoms with Crippen LogP contribution in [0.3, 0.4) is 0 Å². The largest absolute Gasteiger partial charge is 0.481 e. The summed E-state index contributed by atoms with van der Waals surface area (Å²) in [5.41, 5.74) is 7.64. The van der Waals surface area contributed by atoms with E-state index in [1.165, 1.54) is 0 Å². The fraction of sp³-hybridized carbons (Fsp3) is 0.263. The lowest BCUT2D eigenvalue weighted by molar-refractivity contribution is -0.123. The predicted octanol–water partition coefficient (Wildman–Crippen LogP) is 1.42. The molecule has 0 saturated carbocycles. The Kier molecular flexibility index (Phi) is 4.72. The minimum Gasteiger partial charge on any atom is -0.481 e. The zero-order valence-corrected chi connectivity index (χ0v) is 13.9. The highest BCUT2D eigenvalue weighted by molar-refractivity contribution is 5.95. The van der Waals surface area contributed by atoms with E-state index in [0.29, 0.717) is 24.4 Å². The summed E-state index contributed by atoms with van der Waals surface area (Å²) >= 11 is 0. The third-order valence-electron chi connectivity index (χ3n) is 4.16. The molecule has 1 heterocycles. The average molecular weight is 340 g/mol. The summed E-state index contributed by atoms with van der Waals surface area (Å²) < 4.78 is 5.50. The van der Waals surface area contributed by atoms with Gasteiger partial charge in [0.15, 0.2) is 6.10 Å². The van der Waals surface area contributed by atoms with Gasteiger partial charge in [-0.1, -0.05) is 24.3 Å². The van der Waals surface area contributed by atoms with Crippen LogP contribution >= 0.6 is 0 Å². The number of hydrogen-bond acceptors (Lipinski definition) is 4. The van der Waals surface area contributed by atoms with Crippen LogP contribution in [0.4, 0.5) is 0 Å². The third-order valence-corrected chi connectivity index (χ3v) is 4.16. The van der Waals surface area contributed by atoms with Crippen LogP contribution in [-0.4, -0.2) is 47.1 Å². The van der Waals surface area contributed by atoms with Crippen LogP contribution in [0.5, 0.6) is 5.75 Å². The predicted molar refractivity (Wildman–Crippen MR) is 93.1 cm³/mol. The lowest BCUT2D eigenvalue weighted by Gasteiger charge is -2.35. The van der Waals surface area contributed by atoms with Crippen LogP contribution in [0.1, 0.15) is 17.3 Å². The summed E-state index contributed by atoms with van der Waals surface area (Å²) in [6, 6.07) is 14.6. The van der Waals surface area contributed by atoms with Crippen molar-refractivity contribution in [3.05, 3.63) is 54.1 Å². The smallest absolute Gasteiger partial charge is 0.258 e. The van der Waals surface area contributed by atoms with Gasteiger partial charge in [0.25, 0.3) is 11.8 Å². The lowest BCUT2D eigenvalue weighted by Crippen LogP contribution is -2.53. The molecule has 2 aromatic carbocycles. The summed E-state index contributed by atoms with van der Waals surface area (Å²) in [5.74, 6) is -0.0490. The van der Waals surface area contributed by atoms with Crippen LogP contribution < -0.4 is 10.5 Å². The number of likely N-dealkylation sites (tertiary alicyclic amines) is 1. The zero-order valence-electron chi connectivity index (χ0n) is 13.9. The number of rotatable bonds is 5. The highest BCUT2D eigenvalue weighted by Crippen LogP contribution is 2.25. The minimum atomic E-state index is -0.706. The lowest BCUT2D eigenvalue weighted by atomic mass is 10.0. The molecule has 1 atom stereocenters. The number of ether oxygens (including phenoxy) is 1. The number of β-amino-alcohol motifs (C(OH)–C–C–N with tert-alkyl or cyclic N) is 1. The number of amides is 2. The van der Waals surface area contributed by atoms with Crippen molar-refractivity contribution in [2.24, 2.45) is 5.73 Å². The molecule has 2 amide bonds. The van der Waals surface area contributed by atoms with Crippen molar-refractivity contribution in [1.29, 1.82) is 0 Å². The first-order valence-corrected chi connectivity index (χ1v) is 8.08. The number of carbonyl (C=O) groups excluding carboxylic acids is 2. The van der Waals surface area contributed by atoms with Crippen LogP contribution in [-0.2, 0) is 4.79 Å². The highest BCUT2D eigenvalue weighted by Gasteiger charge is 2.29. The molecule has 0 aromatic heterocycles. The van der Waals surface area contributed by atoms with Gasteiger partial charge in [-0.25, -0.2) is 0 Å². The Morgan fingerprint density at radius 1 is 1.16 bits per heavy atom. The van der Waals surface area contributed by atoms with Crippen LogP contribution in [0.2, 0.25) is 0 Å². The second-order valence-corrected chi connectivity index (χ2v) is 6.13. The fourth-order valence-electron chi connectivity index (χ4n) is 2.62. The molecule has 3 N–H and O–H groups in total. The minimum absolute atomic E-state index is 0.0794. The topological polar surface area (TPSA) is 92.9 Å². The molecule has 0 radical (unpaired) electrons. The molecule has 25 heavy (non-hydrogen) atoms. The molecule has 6 nitrogen and oxygen atoms in total. The van der Waals surface area contributed by atoms with Gasteiger partial charge in [-0.2, -0.15) is 0 Å². The first-order valence-electron chi connectivity index (χ1n) is 8.08. The maximum absolute atomic E-state index is 12.2. The molecule has 1 fully saturated rings. The van der Waals surface area contributed by atoms with Gasteiger partial charge in [0, 0.05) is 18.7 Å². The second kappa shape index (κ2) is 6.94. The van der Waals surface area contributed by atoms with Crippen LogP contribution in [0.15, 0.2) is 48.5 Å². The van der Waals surface area contributed by atoms with E-state index in [1.54, 1.807) is 30.0 Å². The van der Waals surface area contributed by atoms with Gasteiger partial charge >= 0.3 is 0 Å². The maximum atomic E-state index is 12.2. The van der Waals surface area contributed by atoms with Gasteiger partial charge in [-0.3, -0.25) is 9.59 Å². The van der Waals surface area contributed by atoms with E-state index in [0.717, 1.165) is 11.1 Å². The molecule has 0 unspecified atom stereocenters. The number of hydrogen-bond donors (Lipinski definition) is 2. The van der Waals surface area contributed by atoms with E-state index >= 15 is 0 Å². The number of nitrogens with zero attached hydrogens (tertiary/aromatic N) is 1. The highest BCUT2D eigenvalue weighted by atomic mass is 16.5. The number of aliphatic hydroxyl groups is 1. The van der Waals surface area contributed by atoms with Crippen molar-refractivity contribution in [3.63, 3.8) is 0 Å². The standard InChI is InChI=1S/C19H20N2O4/c1-12(18(20)23)25-17-4-2-3-15(9-17)13-5-7-14(8-6-13)19(24)21-10-16(22)11-21/h2-9,12,16,22H,10-11H2,1H3,(H2,20,23)/t12-/m1/s1. The van der Waals surface area contributed by atoms with Crippen LogP contribution in [0.25, 0.3) is 11.1 Å². The molecule has 1 aliphatic rings. The SMILES string of the molecule is C[C@@H](Oc1cccc(-c2ccc(C(=O)N3CC(O)C3)cc2)c1)C(N)=O. The first-order chi connectivity index (χ1) is 11.9. The second-order valence-electron chi connectivity index (χ2n) is 6.13. The Morgan fingerprint density at radius 2 is 1.84 bits per heavy atom. The van der Waals surface area contributed by atoms with Gasteiger partial charge in [0.2, 0.25) is 0 Å². The Morgan fingerprint density at radius 3 is 2.44 bits per heavy atom. The number of primary amides is 1. The van der Waals surface area contributed by atoms with E-state index in [9.17, 15) is 14.7 Å². The van der Waals surface area contributed by atoms with Crippen molar-refractivity contribution >= 4 is 11.8 Å². The third kappa shape index (κ3) is 3.80. The van der Waals surface area contributed by atoms with Gasteiger partial charge < -0.3 is 20.5 Å². The summed E-state index contributed by atoms with van der Waals surface area (Å²) in [5, 5.41) is 9.29. The van der Waals surface area contributed by atoms with E-state index in [1.807, 2.05) is 30.3 Å².